The summed E-state index contributed by atoms with van der Waals surface area (Å²) in [6, 6.07) is 7.72. The van der Waals surface area contributed by atoms with Crippen LogP contribution in [-0.2, 0) is 0 Å². The van der Waals surface area contributed by atoms with Gasteiger partial charge in [-0.25, -0.2) is 0 Å². The van der Waals surface area contributed by atoms with Crippen molar-refractivity contribution in [3.8, 4) is 0 Å². The molecule has 0 saturated carbocycles. The first-order chi connectivity index (χ1) is 10.2. The van der Waals surface area contributed by atoms with Gasteiger partial charge in [0, 0.05) is 19.1 Å². The molecule has 1 aromatic carbocycles. The minimum Gasteiger partial charge on any atom is -0.314 e. The van der Waals surface area contributed by atoms with E-state index in [1.807, 2.05) is 12.1 Å². The lowest BCUT2D eigenvalue weighted by Crippen LogP contribution is -2.49. The van der Waals surface area contributed by atoms with Gasteiger partial charge in [0.05, 0.1) is 17.8 Å². The highest BCUT2D eigenvalue weighted by molar-refractivity contribution is 6.21. The van der Waals surface area contributed by atoms with Crippen LogP contribution in [0.2, 0.25) is 0 Å². The van der Waals surface area contributed by atoms with E-state index in [0.29, 0.717) is 29.8 Å². The van der Waals surface area contributed by atoms with Gasteiger partial charge in [0.25, 0.3) is 11.8 Å². The summed E-state index contributed by atoms with van der Waals surface area (Å²) in [4.78, 5) is 28.4. The van der Waals surface area contributed by atoms with E-state index in [9.17, 15) is 9.59 Å². The second-order valence-electron chi connectivity index (χ2n) is 6.20. The summed E-state index contributed by atoms with van der Waals surface area (Å²) >= 11 is 0. The SMILES string of the molecule is O=C1c2ccccc2C(=O)N1CN1CCC2NCCC2C1. The minimum atomic E-state index is -0.151. The van der Waals surface area contributed by atoms with Crippen LogP contribution in [0.1, 0.15) is 33.6 Å². The highest BCUT2D eigenvalue weighted by atomic mass is 16.2. The van der Waals surface area contributed by atoms with Crippen LogP contribution in [0, 0.1) is 5.92 Å². The van der Waals surface area contributed by atoms with Crippen LogP contribution in [0.15, 0.2) is 24.3 Å². The van der Waals surface area contributed by atoms with E-state index < -0.39 is 0 Å². The zero-order valence-electron chi connectivity index (χ0n) is 11.9. The molecule has 4 rings (SSSR count). The summed E-state index contributed by atoms with van der Waals surface area (Å²) in [5.41, 5.74) is 1.08. The molecule has 110 valence electrons. The molecular weight excluding hydrogens is 266 g/mol. The Balaban J connectivity index is 1.49. The number of benzene rings is 1. The van der Waals surface area contributed by atoms with Crippen LogP contribution < -0.4 is 5.32 Å². The fourth-order valence-corrected chi connectivity index (χ4v) is 3.82. The molecule has 3 aliphatic rings. The number of piperidine rings is 1. The summed E-state index contributed by atoms with van der Waals surface area (Å²) in [5, 5.41) is 3.53. The molecule has 2 unspecified atom stereocenters. The van der Waals surface area contributed by atoms with E-state index in [0.717, 1.165) is 26.1 Å². The molecule has 1 aromatic rings. The molecule has 2 fully saturated rings. The van der Waals surface area contributed by atoms with Crippen molar-refractivity contribution < 1.29 is 9.59 Å². The summed E-state index contributed by atoms with van der Waals surface area (Å²) in [7, 11) is 0. The maximum atomic E-state index is 12.4. The van der Waals surface area contributed by atoms with Gasteiger partial charge < -0.3 is 5.32 Å². The van der Waals surface area contributed by atoms with Gasteiger partial charge >= 0.3 is 0 Å². The Morgan fingerprint density at radius 1 is 1.10 bits per heavy atom. The summed E-state index contributed by atoms with van der Waals surface area (Å²) in [5.74, 6) is 0.360. The molecule has 5 nitrogen and oxygen atoms in total. The lowest BCUT2D eigenvalue weighted by atomic mass is 9.94. The third-order valence-corrected chi connectivity index (χ3v) is 4.96. The van der Waals surface area contributed by atoms with Gasteiger partial charge in [-0.2, -0.15) is 0 Å². The molecule has 2 atom stereocenters. The fraction of sp³-hybridized carbons (Fsp3) is 0.500. The van der Waals surface area contributed by atoms with E-state index >= 15 is 0 Å². The number of hydrogen-bond acceptors (Lipinski definition) is 4. The molecule has 3 aliphatic heterocycles. The molecule has 5 heteroatoms. The van der Waals surface area contributed by atoms with Crippen LogP contribution in [0.25, 0.3) is 0 Å². The van der Waals surface area contributed by atoms with Crippen molar-refractivity contribution in [3.05, 3.63) is 35.4 Å². The third-order valence-electron chi connectivity index (χ3n) is 4.96. The van der Waals surface area contributed by atoms with Crippen molar-refractivity contribution in [2.24, 2.45) is 5.92 Å². The number of fused-ring (bicyclic) bond motifs is 2. The van der Waals surface area contributed by atoms with E-state index in [-0.39, 0.29) is 11.8 Å². The van der Waals surface area contributed by atoms with Crippen LogP contribution in [0.3, 0.4) is 0 Å². The minimum absolute atomic E-state index is 0.151. The maximum absolute atomic E-state index is 12.4. The molecular formula is C16H19N3O2. The Bertz CT molecular complexity index is 566. The Kier molecular flexibility index (Phi) is 3.05. The molecule has 0 bridgehead atoms. The fourth-order valence-electron chi connectivity index (χ4n) is 3.82. The second-order valence-corrected chi connectivity index (χ2v) is 6.20. The Hall–Kier alpha value is -1.72. The number of carbonyl (C=O) groups is 2. The van der Waals surface area contributed by atoms with Crippen molar-refractivity contribution >= 4 is 11.8 Å². The van der Waals surface area contributed by atoms with Crippen LogP contribution in [0.4, 0.5) is 0 Å². The van der Waals surface area contributed by atoms with Crippen LogP contribution >= 0.6 is 0 Å². The highest BCUT2D eigenvalue weighted by Crippen LogP contribution is 2.27. The van der Waals surface area contributed by atoms with Gasteiger partial charge in [-0.05, 0) is 37.4 Å². The molecule has 0 spiro atoms. The monoisotopic (exact) mass is 285 g/mol. The van der Waals surface area contributed by atoms with Crippen molar-refractivity contribution in [1.82, 2.24) is 15.1 Å². The predicted molar refractivity (Wildman–Crippen MR) is 77.9 cm³/mol. The molecule has 0 radical (unpaired) electrons. The van der Waals surface area contributed by atoms with Crippen LogP contribution in [-0.4, -0.2) is 54.0 Å². The standard InChI is InChI=1S/C16H19N3O2/c20-15-12-3-1-2-4-13(12)16(21)19(15)10-18-8-6-14-11(9-18)5-7-17-14/h1-4,11,14,17H,5-10H2. The van der Waals surface area contributed by atoms with E-state index in [1.54, 1.807) is 12.1 Å². The molecule has 0 aliphatic carbocycles. The lowest BCUT2D eigenvalue weighted by Gasteiger charge is -2.36. The number of nitrogens with one attached hydrogen (secondary N) is 1. The smallest absolute Gasteiger partial charge is 0.262 e. The number of nitrogens with zero attached hydrogens (tertiary/aromatic N) is 2. The van der Waals surface area contributed by atoms with E-state index in [4.69, 9.17) is 0 Å². The van der Waals surface area contributed by atoms with Gasteiger partial charge in [0.15, 0.2) is 0 Å². The van der Waals surface area contributed by atoms with Gasteiger partial charge in [0.1, 0.15) is 0 Å². The molecule has 2 amide bonds. The molecule has 21 heavy (non-hydrogen) atoms. The number of likely N-dealkylation sites (tertiary alicyclic amines) is 1. The summed E-state index contributed by atoms with van der Waals surface area (Å²) in [6.07, 6.45) is 2.30. The second kappa shape index (κ2) is 4.93. The lowest BCUT2D eigenvalue weighted by molar-refractivity contribution is 0.0472. The quantitative estimate of drug-likeness (QED) is 0.821. The number of amides is 2. The Morgan fingerprint density at radius 3 is 2.52 bits per heavy atom. The largest absolute Gasteiger partial charge is 0.314 e. The zero-order valence-corrected chi connectivity index (χ0v) is 11.9. The first-order valence-electron chi connectivity index (χ1n) is 7.65. The normalized spacial score (nSPS) is 28.9. The average molecular weight is 285 g/mol. The number of hydrogen-bond donors (Lipinski definition) is 1. The summed E-state index contributed by atoms with van der Waals surface area (Å²) in [6.45, 7) is 3.44. The topological polar surface area (TPSA) is 52.7 Å². The van der Waals surface area contributed by atoms with E-state index in [2.05, 4.69) is 10.2 Å². The molecule has 0 aromatic heterocycles. The van der Waals surface area contributed by atoms with Crippen molar-refractivity contribution in [2.45, 2.75) is 18.9 Å². The Morgan fingerprint density at radius 2 is 1.81 bits per heavy atom. The van der Waals surface area contributed by atoms with Crippen molar-refractivity contribution in [1.29, 1.82) is 0 Å². The Labute approximate surface area is 123 Å². The number of carbonyl (C=O) groups excluding carboxylic acids is 2. The third kappa shape index (κ3) is 2.08. The van der Waals surface area contributed by atoms with Crippen molar-refractivity contribution in [3.63, 3.8) is 0 Å². The van der Waals surface area contributed by atoms with E-state index in [1.165, 1.54) is 11.3 Å². The van der Waals surface area contributed by atoms with Crippen molar-refractivity contribution in [2.75, 3.05) is 26.3 Å². The average Bonchev–Trinajstić information content (AvgIpc) is 3.06. The predicted octanol–water partition coefficient (Wildman–Crippen LogP) is 0.924. The molecule has 1 N–H and O–H groups in total. The zero-order chi connectivity index (χ0) is 14.4. The first-order valence-corrected chi connectivity index (χ1v) is 7.65. The summed E-state index contributed by atoms with van der Waals surface area (Å²) < 4.78 is 0. The number of imide groups is 1. The molecule has 2 saturated heterocycles. The van der Waals surface area contributed by atoms with Gasteiger partial charge in [0.2, 0.25) is 0 Å². The highest BCUT2D eigenvalue weighted by Gasteiger charge is 2.38. The number of rotatable bonds is 2. The van der Waals surface area contributed by atoms with Gasteiger partial charge in [-0.15, -0.1) is 0 Å². The molecule has 3 heterocycles. The van der Waals surface area contributed by atoms with Crippen LogP contribution in [0.5, 0.6) is 0 Å². The van der Waals surface area contributed by atoms with Gasteiger partial charge in [-0.3, -0.25) is 19.4 Å². The van der Waals surface area contributed by atoms with Gasteiger partial charge in [-0.1, -0.05) is 12.1 Å². The maximum Gasteiger partial charge on any atom is 0.262 e. The first kappa shape index (κ1) is 13.0.